The number of anilines is 2. The molecular weight excluding hydrogens is 302 g/mol. The number of benzene rings is 1. The largest absolute Gasteiger partial charge is 0.478 e. The number of rotatable bonds is 3. The molecule has 5 nitrogen and oxygen atoms in total. The van der Waals surface area contributed by atoms with Gasteiger partial charge in [0.1, 0.15) is 11.4 Å². The smallest absolute Gasteiger partial charge is 0.339 e. The second-order valence-corrected chi connectivity index (χ2v) is 5.46. The van der Waals surface area contributed by atoms with E-state index < -0.39 is 5.97 Å². The average Bonchev–Trinajstić information content (AvgIpc) is 2.88. The molecule has 0 saturated heterocycles. The SMILES string of the molecule is CN(c1cccc(Cl)c1)c1ncc(C(=O)O)c2c1ccn2C. The van der Waals surface area contributed by atoms with Gasteiger partial charge in [-0.3, -0.25) is 0 Å². The van der Waals surface area contributed by atoms with Crippen LogP contribution in [0.2, 0.25) is 5.02 Å². The number of aryl methyl sites for hydroxylation is 1. The molecule has 0 aliphatic carbocycles. The van der Waals surface area contributed by atoms with Gasteiger partial charge in [-0.2, -0.15) is 0 Å². The summed E-state index contributed by atoms with van der Waals surface area (Å²) in [6.45, 7) is 0. The van der Waals surface area contributed by atoms with E-state index in [9.17, 15) is 9.90 Å². The second-order valence-electron chi connectivity index (χ2n) is 5.03. The van der Waals surface area contributed by atoms with Crippen molar-refractivity contribution in [1.29, 1.82) is 0 Å². The lowest BCUT2D eigenvalue weighted by Gasteiger charge is -2.20. The van der Waals surface area contributed by atoms with Crippen molar-refractivity contribution >= 4 is 40.0 Å². The quantitative estimate of drug-likeness (QED) is 0.800. The molecule has 0 radical (unpaired) electrons. The van der Waals surface area contributed by atoms with Gasteiger partial charge in [0.25, 0.3) is 0 Å². The van der Waals surface area contributed by atoms with Crippen LogP contribution in [0.25, 0.3) is 10.9 Å². The molecule has 3 rings (SSSR count). The van der Waals surface area contributed by atoms with E-state index in [1.165, 1.54) is 6.20 Å². The van der Waals surface area contributed by atoms with Crippen molar-refractivity contribution in [2.24, 2.45) is 7.05 Å². The van der Waals surface area contributed by atoms with Crippen LogP contribution in [0.3, 0.4) is 0 Å². The van der Waals surface area contributed by atoms with Crippen molar-refractivity contribution in [2.75, 3.05) is 11.9 Å². The van der Waals surface area contributed by atoms with Gasteiger partial charge in [0, 0.05) is 42.6 Å². The predicted octanol–water partition coefficient (Wildman–Crippen LogP) is 3.69. The van der Waals surface area contributed by atoms with Crippen LogP contribution in [0, 0.1) is 0 Å². The van der Waals surface area contributed by atoms with Crippen molar-refractivity contribution in [3.05, 3.63) is 53.3 Å². The molecule has 2 heterocycles. The van der Waals surface area contributed by atoms with Gasteiger partial charge in [0.15, 0.2) is 0 Å². The van der Waals surface area contributed by atoms with Crippen molar-refractivity contribution in [1.82, 2.24) is 9.55 Å². The van der Waals surface area contributed by atoms with Gasteiger partial charge in [0.05, 0.1) is 5.52 Å². The highest BCUT2D eigenvalue weighted by molar-refractivity contribution is 6.30. The van der Waals surface area contributed by atoms with Crippen LogP contribution in [0.15, 0.2) is 42.7 Å². The summed E-state index contributed by atoms with van der Waals surface area (Å²) in [6, 6.07) is 9.29. The van der Waals surface area contributed by atoms with E-state index in [4.69, 9.17) is 11.6 Å². The Hall–Kier alpha value is -2.53. The van der Waals surface area contributed by atoms with E-state index in [0.717, 1.165) is 11.1 Å². The molecule has 2 aromatic heterocycles. The summed E-state index contributed by atoms with van der Waals surface area (Å²) in [5, 5.41) is 10.7. The zero-order valence-corrected chi connectivity index (χ0v) is 12.9. The first kappa shape index (κ1) is 14.4. The summed E-state index contributed by atoms with van der Waals surface area (Å²) >= 11 is 6.04. The summed E-state index contributed by atoms with van der Waals surface area (Å²) in [6.07, 6.45) is 3.22. The minimum absolute atomic E-state index is 0.186. The van der Waals surface area contributed by atoms with E-state index in [1.54, 1.807) is 10.6 Å². The lowest BCUT2D eigenvalue weighted by Crippen LogP contribution is -2.13. The standard InChI is InChI=1S/C16H14ClN3O2/c1-19-7-6-12-14(19)13(16(21)22)9-18-15(12)20(2)11-5-3-4-10(17)8-11/h3-9H,1-2H3,(H,21,22). The number of carbonyl (C=O) groups is 1. The van der Waals surface area contributed by atoms with Crippen LogP contribution >= 0.6 is 11.6 Å². The number of hydrogen-bond acceptors (Lipinski definition) is 3. The zero-order chi connectivity index (χ0) is 15.9. The van der Waals surface area contributed by atoms with Crippen LogP contribution in [0.4, 0.5) is 11.5 Å². The van der Waals surface area contributed by atoms with E-state index in [1.807, 2.05) is 49.5 Å². The molecule has 0 unspecified atom stereocenters. The molecule has 0 spiro atoms. The number of carboxylic acid groups (broad SMARTS) is 1. The number of carboxylic acids is 1. The number of aromatic nitrogens is 2. The van der Waals surface area contributed by atoms with Gasteiger partial charge in [-0.05, 0) is 24.3 Å². The molecule has 3 aromatic rings. The Kier molecular flexibility index (Phi) is 3.50. The fourth-order valence-corrected chi connectivity index (χ4v) is 2.72. The van der Waals surface area contributed by atoms with E-state index in [2.05, 4.69) is 4.98 Å². The van der Waals surface area contributed by atoms with E-state index in [-0.39, 0.29) is 5.56 Å². The Bertz CT molecular complexity index is 873. The Morgan fingerprint density at radius 3 is 2.82 bits per heavy atom. The van der Waals surface area contributed by atoms with Crippen molar-refractivity contribution in [2.45, 2.75) is 0 Å². The first-order valence-corrected chi connectivity index (χ1v) is 7.03. The summed E-state index contributed by atoms with van der Waals surface area (Å²) in [4.78, 5) is 17.6. The summed E-state index contributed by atoms with van der Waals surface area (Å²) in [7, 11) is 3.69. The van der Waals surface area contributed by atoms with Gasteiger partial charge in [0.2, 0.25) is 0 Å². The number of pyridine rings is 1. The molecular formula is C16H14ClN3O2. The van der Waals surface area contributed by atoms with Crippen molar-refractivity contribution in [3.8, 4) is 0 Å². The van der Waals surface area contributed by atoms with Crippen molar-refractivity contribution in [3.63, 3.8) is 0 Å². The lowest BCUT2D eigenvalue weighted by atomic mass is 10.2. The first-order chi connectivity index (χ1) is 10.5. The fraction of sp³-hybridized carbons (Fsp3) is 0.125. The van der Waals surface area contributed by atoms with E-state index in [0.29, 0.717) is 16.4 Å². The maximum absolute atomic E-state index is 11.4. The Labute approximate surface area is 132 Å². The molecule has 112 valence electrons. The molecule has 6 heteroatoms. The number of aromatic carboxylic acids is 1. The fourth-order valence-electron chi connectivity index (χ4n) is 2.53. The van der Waals surface area contributed by atoms with Crippen LogP contribution in [0.1, 0.15) is 10.4 Å². The number of nitrogens with zero attached hydrogens (tertiary/aromatic N) is 3. The van der Waals surface area contributed by atoms with Crippen LogP contribution in [-0.4, -0.2) is 27.7 Å². The molecule has 0 saturated carbocycles. The molecule has 22 heavy (non-hydrogen) atoms. The van der Waals surface area contributed by atoms with Gasteiger partial charge in [-0.1, -0.05) is 17.7 Å². The highest BCUT2D eigenvalue weighted by Crippen LogP contribution is 2.32. The number of halogens is 1. The topological polar surface area (TPSA) is 58.4 Å². The molecule has 1 aromatic carbocycles. The normalized spacial score (nSPS) is 10.9. The van der Waals surface area contributed by atoms with Crippen LogP contribution < -0.4 is 4.90 Å². The third kappa shape index (κ3) is 2.29. The maximum Gasteiger partial charge on any atom is 0.339 e. The van der Waals surface area contributed by atoms with Gasteiger partial charge in [-0.25, -0.2) is 9.78 Å². The maximum atomic E-state index is 11.4. The highest BCUT2D eigenvalue weighted by Gasteiger charge is 2.18. The molecule has 0 atom stereocenters. The zero-order valence-electron chi connectivity index (χ0n) is 12.1. The minimum Gasteiger partial charge on any atom is -0.478 e. The summed E-state index contributed by atoms with van der Waals surface area (Å²) < 4.78 is 1.79. The lowest BCUT2D eigenvalue weighted by molar-refractivity contribution is 0.0698. The monoisotopic (exact) mass is 315 g/mol. The molecule has 0 aliphatic heterocycles. The Morgan fingerprint density at radius 1 is 1.36 bits per heavy atom. The first-order valence-electron chi connectivity index (χ1n) is 6.65. The molecule has 0 bridgehead atoms. The third-order valence-electron chi connectivity index (χ3n) is 3.63. The van der Waals surface area contributed by atoms with Gasteiger partial charge in [-0.15, -0.1) is 0 Å². The molecule has 1 N–H and O–H groups in total. The number of hydrogen-bond donors (Lipinski definition) is 1. The van der Waals surface area contributed by atoms with Crippen LogP contribution in [-0.2, 0) is 7.05 Å². The van der Waals surface area contributed by atoms with Crippen molar-refractivity contribution < 1.29 is 9.90 Å². The van der Waals surface area contributed by atoms with Crippen LogP contribution in [0.5, 0.6) is 0 Å². The average molecular weight is 316 g/mol. The Morgan fingerprint density at radius 2 is 2.14 bits per heavy atom. The molecule has 0 aliphatic rings. The summed E-state index contributed by atoms with van der Waals surface area (Å²) in [5.41, 5.74) is 1.71. The third-order valence-corrected chi connectivity index (χ3v) is 3.86. The van der Waals surface area contributed by atoms with E-state index >= 15 is 0 Å². The minimum atomic E-state index is -0.990. The molecule has 0 fully saturated rings. The Balaban J connectivity index is 2.20. The second kappa shape index (κ2) is 5.35. The predicted molar refractivity (Wildman–Crippen MR) is 87.2 cm³/mol. The number of fused-ring (bicyclic) bond motifs is 1. The van der Waals surface area contributed by atoms with Gasteiger partial charge < -0.3 is 14.6 Å². The highest BCUT2D eigenvalue weighted by atomic mass is 35.5. The molecule has 0 amide bonds. The summed E-state index contributed by atoms with van der Waals surface area (Å²) in [5.74, 6) is -0.306. The van der Waals surface area contributed by atoms with Gasteiger partial charge >= 0.3 is 5.97 Å².